The van der Waals surface area contributed by atoms with Gasteiger partial charge in [-0.05, 0) is 45.2 Å². The third kappa shape index (κ3) is 2.77. The van der Waals surface area contributed by atoms with Gasteiger partial charge in [-0.15, -0.1) is 10.2 Å². The second-order valence-corrected chi connectivity index (χ2v) is 6.95. The van der Waals surface area contributed by atoms with Crippen LogP contribution >= 0.6 is 0 Å². The van der Waals surface area contributed by atoms with E-state index in [4.69, 9.17) is 4.98 Å². The molecular formula is C20H25N5. The summed E-state index contributed by atoms with van der Waals surface area (Å²) in [6.45, 7) is 9.47. The van der Waals surface area contributed by atoms with Gasteiger partial charge in [0.1, 0.15) is 12.2 Å². The number of hydrogen-bond donors (Lipinski definition) is 0. The molecule has 0 bridgehead atoms. The van der Waals surface area contributed by atoms with Crippen LogP contribution in [0.2, 0.25) is 0 Å². The molecule has 0 radical (unpaired) electrons. The van der Waals surface area contributed by atoms with Gasteiger partial charge in [0.25, 0.3) is 0 Å². The Bertz CT molecular complexity index is 898. The number of pyridine rings is 1. The molecule has 130 valence electrons. The molecule has 0 amide bonds. The van der Waals surface area contributed by atoms with E-state index in [0.29, 0.717) is 5.92 Å². The van der Waals surface area contributed by atoms with Gasteiger partial charge in [-0.1, -0.05) is 18.2 Å². The third-order valence-electron chi connectivity index (χ3n) is 5.43. The second-order valence-electron chi connectivity index (χ2n) is 6.95. The largest absolute Gasteiger partial charge is 0.370 e. The van der Waals surface area contributed by atoms with Crippen LogP contribution in [0.5, 0.6) is 0 Å². The lowest BCUT2D eigenvalue weighted by molar-refractivity contribution is 0.473. The number of piperidine rings is 1. The van der Waals surface area contributed by atoms with Crippen molar-refractivity contribution < 1.29 is 0 Å². The molecule has 1 unspecified atom stereocenters. The van der Waals surface area contributed by atoms with E-state index in [2.05, 4.69) is 64.7 Å². The Hall–Kier alpha value is -2.43. The molecule has 0 saturated carbocycles. The molecule has 0 N–H and O–H groups in total. The minimum Gasteiger partial charge on any atom is -0.370 e. The lowest BCUT2D eigenvalue weighted by Gasteiger charge is -2.36. The normalized spacial score (nSPS) is 18.0. The maximum atomic E-state index is 4.77. The molecule has 0 aliphatic carbocycles. The van der Waals surface area contributed by atoms with Crippen LogP contribution in [0, 0.1) is 13.8 Å². The average molecular weight is 335 g/mol. The smallest absolute Gasteiger partial charge is 0.137 e. The van der Waals surface area contributed by atoms with E-state index in [1.54, 1.807) is 0 Å². The molecule has 1 aliphatic rings. The monoisotopic (exact) mass is 335 g/mol. The predicted molar refractivity (Wildman–Crippen MR) is 101 cm³/mol. The lowest BCUT2D eigenvalue weighted by atomic mass is 9.95. The van der Waals surface area contributed by atoms with Gasteiger partial charge in [0.05, 0.1) is 11.2 Å². The fourth-order valence-corrected chi connectivity index (χ4v) is 4.03. The summed E-state index contributed by atoms with van der Waals surface area (Å²) in [7, 11) is 0. The van der Waals surface area contributed by atoms with Crippen molar-refractivity contribution in [3.63, 3.8) is 0 Å². The third-order valence-corrected chi connectivity index (χ3v) is 5.43. The number of fused-ring (bicyclic) bond motifs is 1. The minimum atomic E-state index is 0.433. The van der Waals surface area contributed by atoms with Crippen molar-refractivity contribution >= 4 is 16.6 Å². The highest BCUT2D eigenvalue weighted by Gasteiger charge is 2.27. The van der Waals surface area contributed by atoms with Gasteiger partial charge in [-0.25, -0.2) is 0 Å². The molecule has 25 heavy (non-hydrogen) atoms. The molecule has 4 rings (SSSR count). The molecule has 1 fully saturated rings. The number of benzene rings is 1. The average Bonchev–Trinajstić information content (AvgIpc) is 3.12. The van der Waals surface area contributed by atoms with E-state index in [-0.39, 0.29) is 0 Å². The zero-order valence-electron chi connectivity index (χ0n) is 15.2. The highest BCUT2D eigenvalue weighted by Crippen LogP contribution is 2.35. The van der Waals surface area contributed by atoms with E-state index in [1.165, 1.54) is 29.5 Å². The molecule has 5 nitrogen and oxygen atoms in total. The first-order valence-corrected chi connectivity index (χ1v) is 9.17. The number of aryl methyl sites for hydroxylation is 2. The van der Waals surface area contributed by atoms with Gasteiger partial charge in [0, 0.05) is 36.6 Å². The van der Waals surface area contributed by atoms with Crippen LogP contribution in [0.25, 0.3) is 10.9 Å². The zero-order chi connectivity index (χ0) is 17.4. The van der Waals surface area contributed by atoms with Crippen LogP contribution < -0.4 is 4.90 Å². The van der Waals surface area contributed by atoms with E-state index in [1.807, 2.05) is 6.33 Å². The first kappa shape index (κ1) is 16.1. The fraction of sp³-hybridized carbons (Fsp3) is 0.450. The van der Waals surface area contributed by atoms with Gasteiger partial charge < -0.3 is 9.47 Å². The maximum Gasteiger partial charge on any atom is 0.137 e. The quantitative estimate of drug-likeness (QED) is 0.729. The van der Waals surface area contributed by atoms with Gasteiger partial charge >= 0.3 is 0 Å². The molecule has 1 saturated heterocycles. The van der Waals surface area contributed by atoms with E-state index >= 15 is 0 Å². The maximum absolute atomic E-state index is 4.77. The van der Waals surface area contributed by atoms with Crippen molar-refractivity contribution in [1.82, 2.24) is 19.7 Å². The Balaban J connectivity index is 1.75. The molecule has 3 heterocycles. The summed E-state index contributed by atoms with van der Waals surface area (Å²) in [5, 5.41) is 9.80. The van der Waals surface area contributed by atoms with Crippen molar-refractivity contribution in [2.75, 3.05) is 18.0 Å². The van der Waals surface area contributed by atoms with Crippen LogP contribution in [-0.2, 0) is 6.54 Å². The highest BCUT2D eigenvalue weighted by molar-refractivity contribution is 5.93. The molecule has 1 aliphatic heterocycles. The first-order valence-electron chi connectivity index (χ1n) is 9.17. The van der Waals surface area contributed by atoms with Gasteiger partial charge in [-0.2, -0.15) is 0 Å². The summed E-state index contributed by atoms with van der Waals surface area (Å²) < 4.78 is 2.18. The Kier molecular flexibility index (Phi) is 4.15. The zero-order valence-corrected chi connectivity index (χ0v) is 15.2. The first-order chi connectivity index (χ1) is 12.2. The molecule has 2 aromatic heterocycles. The van der Waals surface area contributed by atoms with E-state index in [9.17, 15) is 0 Å². The Morgan fingerprint density at radius 2 is 2.04 bits per heavy atom. The Morgan fingerprint density at radius 1 is 1.20 bits per heavy atom. The van der Waals surface area contributed by atoms with Crippen molar-refractivity contribution in [1.29, 1.82) is 0 Å². The summed E-state index contributed by atoms with van der Waals surface area (Å²) in [5.74, 6) is 1.56. The summed E-state index contributed by atoms with van der Waals surface area (Å²) in [4.78, 5) is 7.31. The molecule has 3 aromatic rings. The second kappa shape index (κ2) is 6.47. The molecule has 5 heteroatoms. The number of para-hydroxylation sites is 1. The highest BCUT2D eigenvalue weighted by atomic mass is 15.3. The van der Waals surface area contributed by atoms with Crippen molar-refractivity contribution in [2.24, 2.45) is 0 Å². The Labute approximate surface area is 148 Å². The van der Waals surface area contributed by atoms with Gasteiger partial charge in [0.2, 0.25) is 0 Å². The van der Waals surface area contributed by atoms with Gasteiger partial charge in [-0.3, -0.25) is 4.98 Å². The van der Waals surface area contributed by atoms with Crippen LogP contribution in [0.3, 0.4) is 0 Å². The SMILES string of the molecule is CCn1cnnc1C1CCCN(c2c(C)c(C)nc3ccccc23)C1. The molecule has 1 aromatic carbocycles. The molecule has 0 spiro atoms. The van der Waals surface area contributed by atoms with Crippen LogP contribution in [0.15, 0.2) is 30.6 Å². The number of anilines is 1. The topological polar surface area (TPSA) is 46.8 Å². The van der Waals surface area contributed by atoms with E-state index in [0.717, 1.165) is 36.7 Å². The minimum absolute atomic E-state index is 0.433. The lowest BCUT2D eigenvalue weighted by Crippen LogP contribution is -2.36. The van der Waals surface area contributed by atoms with Gasteiger partial charge in [0.15, 0.2) is 0 Å². The summed E-state index contributed by atoms with van der Waals surface area (Å²) in [6, 6.07) is 8.48. The van der Waals surface area contributed by atoms with Crippen molar-refractivity contribution in [3.8, 4) is 0 Å². The summed E-state index contributed by atoms with van der Waals surface area (Å²) in [5.41, 5.74) is 4.83. The number of rotatable bonds is 3. The number of aromatic nitrogens is 4. The van der Waals surface area contributed by atoms with Crippen LogP contribution in [0.4, 0.5) is 5.69 Å². The number of hydrogen-bond acceptors (Lipinski definition) is 4. The summed E-state index contributed by atoms with van der Waals surface area (Å²) in [6.07, 6.45) is 4.21. The van der Waals surface area contributed by atoms with Crippen LogP contribution in [0.1, 0.15) is 42.8 Å². The van der Waals surface area contributed by atoms with Crippen LogP contribution in [-0.4, -0.2) is 32.8 Å². The van der Waals surface area contributed by atoms with Crippen molar-refractivity contribution in [3.05, 3.63) is 47.7 Å². The summed E-state index contributed by atoms with van der Waals surface area (Å²) >= 11 is 0. The Morgan fingerprint density at radius 3 is 2.88 bits per heavy atom. The number of nitrogens with zero attached hydrogens (tertiary/aromatic N) is 5. The van der Waals surface area contributed by atoms with E-state index < -0.39 is 0 Å². The van der Waals surface area contributed by atoms with Crippen molar-refractivity contribution in [2.45, 2.75) is 46.1 Å². The standard InChI is InChI=1S/C20H25N5/c1-4-24-13-21-23-20(24)16-8-7-11-25(12-16)19-14(2)15(3)22-18-10-6-5-9-17(18)19/h5-6,9-10,13,16H,4,7-8,11-12H2,1-3H3. The fourth-order valence-electron chi connectivity index (χ4n) is 4.03. The molecule has 1 atom stereocenters. The predicted octanol–water partition coefficient (Wildman–Crippen LogP) is 3.85. The molecular weight excluding hydrogens is 310 g/mol.